The number of hydrogen-bond acceptors (Lipinski definition) is 3. The summed E-state index contributed by atoms with van der Waals surface area (Å²) >= 11 is 0. The number of nitrogens with one attached hydrogen (secondary N) is 1. The van der Waals surface area contributed by atoms with Crippen molar-refractivity contribution in [2.24, 2.45) is 0 Å². The zero-order valence-electron chi connectivity index (χ0n) is 15.2. The summed E-state index contributed by atoms with van der Waals surface area (Å²) in [5, 5.41) is 13.3. The number of carbonyl (C=O) groups is 2. The van der Waals surface area contributed by atoms with Gasteiger partial charge in [-0.15, -0.1) is 0 Å². The first-order chi connectivity index (χ1) is 13.0. The van der Waals surface area contributed by atoms with Gasteiger partial charge in [0.05, 0.1) is 12.6 Å². The second-order valence-corrected chi connectivity index (χ2v) is 6.79. The van der Waals surface area contributed by atoms with Gasteiger partial charge in [0.25, 0.3) is 5.91 Å². The van der Waals surface area contributed by atoms with Gasteiger partial charge in [-0.3, -0.25) is 9.69 Å². The molecule has 0 saturated carbocycles. The minimum atomic E-state index is -1.16. The number of aliphatic hydroxyl groups is 1. The number of imide groups is 1. The summed E-state index contributed by atoms with van der Waals surface area (Å²) in [5.74, 6) is -0.868. The van der Waals surface area contributed by atoms with Crippen molar-refractivity contribution in [3.8, 4) is 0 Å². The minimum absolute atomic E-state index is 0.227. The third kappa shape index (κ3) is 3.71. The summed E-state index contributed by atoms with van der Waals surface area (Å²) in [5.41, 5.74) is -0.0864. The number of aliphatic hydroxyl groups excluding tert-OH is 1. The average Bonchev–Trinajstić information content (AvgIpc) is 2.92. The maximum atomic E-state index is 13.4. The van der Waals surface area contributed by atoms with Gasteiger partial charge in [-0.25, -0.2) is 9.18 Å². The molecule has 3 amide bonds. The van der Waals surface area contributed by atoms with Crippen LogP contribution in [-0.2, 0) is 10.3 Å². The quantitative estimate of drug-likeness (QED) is 0.733. The molecular weight excluding hydrogens is 347 g/mol. The molecule has 27 heavy (non-hydrogen) atoms. The summed E-state index contributed by atoms with van der Waals surface area (Å²) in [4.78, 5) is 26.8. The van der Waals surface area contributed by atoms with Gasteiger partial charge in [-0.05, 0) is 29.7 Å². The van der Waals surface area contributed by atoms with Crippen molar-refractivity contribution in [2.45, 2.75) is 37.8 Å². The van der Waals surface area contributed by atoms with Crippen molar-refractivity contribution in [1.29, 1.82) is 0 Å². The van der Waals surface area contributed by atoms with E-state index in [0.29, 0.717) is 12.0 Å². The van der Waals surface area contributed by atoms with Gasteiger partial charge in [0, 0.05) is 0 Å². The van der Waals surface area contributed by atoms with E-state index in [9.17, 15) is 19.1 Å². The minimum Gasteiger partial charge on any atom is -0.387 e. The lowest BCUT2D eigenvalue weighted by molar-refractivity contribution is -0.133. The molecule has 2 atom stereocenters. The first-order valence-electron chi connectivity index (χ1n) is 9.11. The van der Waals surface area contributed by atoms with Crippen LogP contribution in [0.4, 0.5) is 9.18 Å². The Morgan fingerprint density at radius 1 is 1.15 bits per heavy atom. The van der Waals surface area contributed by atoms with Crippen molar-refractivity contribution in [3.63, 3.8) is 0 Å². The van der Waals surface area contributed by atoms with Gasteiger partial charge in [-0.1, -0.05) is 62.2 Å². The zero-order valence-corrected chi connectivity index (χ0v) is 15.2. The highest BCUT2D eigenvalue weighted by Gasteiger charge is 2.52. The number of halogens is 1. The molecule has 6 heteroatoms. The molecule has 2 aromatic carbocycles. The van der Waals surface area contributed by atoms with Crippen LogP contribution >= 0.6 is 0 Å². The number of β-amino-alcohol motifs (C(OH)–C–C–N with tert-alkyl or cyclic N) is 1. The number of hydrogen-bond donors (Lipinski definition) is 2. The second-order valence-electron chi connectivity index (χ2n) is 6.79. The molecule has 1 fully saturated rings. The lowest BCUT2D eigenvalue weighted by Crippen LogP contribution is -2.44. The number of rotatable bonds is 7. The molecule has 1 aliphatic rings. The lowest BCUT2D eigenvalue weighted by atomic mass is 9.85. The fraction of sp³-hybridized carbons (Fsp3) is 0.333. The molecule has 3 rings (SSSR count). The number of unbranched alkanes of at least 4 members (excludes halogenated alkanes) is 1. The number of carbonyl (C=O) groups excluding carboxylic acids is 2. The smallest absolute Gasteiger partial charge is 0.325 e. The van der Waals surface area contributed by atoms with E-state index in [1.807, 2.05) is 37.3 Å². The molecule has 0 bridgehead atoms. The Morgan fingerprint density at radius 2 is 1.89 bits per heavy atom. The van der Waals surface area contributed by atoms with Crippen LogP contribution in [0.3, 0.4) is 0 Å². The highest BCUT2D eigenvalue weighted by atomic mass is 19.1. The predicted octanol–water partition coefficient (Wildman–Crippen LogP) is 3.50. The molecule has 1 saturated heterocycles. The molecule has 1 aliphatic heterocycles. The van der Waals surface area contributed by atoms with E-state index in [-0.39, 0.29) is 12.5 Å². The summed E-state index contributed by atoms with van der Waals surface area (Å²) in [6, 6.07) is 14.1. The number of urea groups is 1. The van der Waals surface area contributed by atoms with Crippen LogP contribution in [0.1, 0.15) is 43.4 Å². The summed E-state index contributed by atoms with van der Waals surface area (Å²) in [6.07, 6.45) is 0.961. The Bertz CT molecular complexity index is 827. The predicted molar refractivity (Wildman–Crippen MR) is 99.2 cm³/mol. The van der Waals surface area contributed by atoms with Gasteiger partial charge in [0.1, 0.15) is 11.4 Å². The molecule has 0 radical (unpaired) electrons. The van der Waals surface area contributed by atoms with Crippen molar-refractivity contribution in [2.75, 3.05) is 6.54 Å². The first kappa shape index (κ1) is 19.0. The Morgan fingerprint density at radius 3 is 2.56 bits per heavy atom. The zero-order chi connectivity index (χ0) is 19.4. The van der Waals surface area contributed by atoms with Gasteiger partial charge in [0.2, 0.25) is 0 Å². The fourth-order valence-electron chi connectivity index (χ4n) is 3.46. The number of nitrogens with zero attached hydrogens (tertiary/aromatic N) is 1. The van der Waals surface area contributed by atoms with Crippen LogP contribution in [0.15, 0.2) is 54.6 Å². The molecule has 2 unspecified atom stereocenters. The van der Waals surface area contributed by atoms with E-state index < -0.39 is 23.5 Å². The maximum absolute atomic E-state index is 13.4. The standard InChI is InChI=1S/C21H23FN2O3/c1-2-3-12-21(16-9-5-4-6-10-16)19(26)24(20(27)23-21)14-18(25)15-8-7-11-17(22)13-15/h4-11,13,18,25H,2-3,12,14H2,1H3,(H,23,27). The lowest BCUT2D eigenvalue weighted by Gasteiger charge is -2.27. The van der Waals surface area contributed by atoms with Crippen molar-refractivity contribution >= 4 is 11.9 Å². The van der Waals surface area contributed by atoms with Crippen LogP contribution in [0.25, 0.3) is 0 Å². The molecule has 2 N–H and O–H groups in total. The molecule has 1 heterocycles. The molecular formula is C21H23FN2O3. The largest absolute Gasteiger partial charge is 0.387 e. The second kappa shape index (κ2) is 7.88. The maximum Gasteiger partial charge on any atom is 0.325 e. The Hall–Kier alpha value is -2.73. The Kier molecular flexibility index (Phi) is 5.56. The first-order valence-corrected chi connectivity index (χ1v) is 9.11. The highest BCUT2D eigenvalue weighted by molar-refractivity contribution is 6.07. The van der Waals surface area contributed by atoms with Crippen LogP contribution in [0.2, 0.25) is 0 Å². The van der Waals surface area contributed by atoms with Crippen molar-refractivity contribution in [1.82, 2.24) is 10.2 Å². The Labute approximate surface area is 157 Å². The fourth-order valence-corrected chi connectivity index (χ4v) is 3.46. The Balaban J connectivity index is 1.87. The van der Waals surface area contributed by atoms with E-state index in [2.05, 4.69) is 5.32 Å². The van der Waals surface area contributed by atoms with Gasteiger partial charge in [0.15, 0.2) is 0 Å². The molecule has 5 nitrogen and oxygen atoms in total. The normalized spacial score (nSPS) is 20.6. The van der Waals surface area contributed by atoms with E-state index in [1.54, 1.807) is 6.07 Å². The number of benzene rings is 2. The van der Waals surface area contributed by atoms with E-state index in [1.165, 1.54) is 18.2 Å². The SMILES string of the molecule is CCCCC1(c2ccccc2)NC(=O)N(CC(O)c2cccc(F)c2)C1=O. The van der Waals surface area contributed by atoms with Crippen molar-refractivity contribution < 1.29 is 19.1 Å². The van der Waals surface area contributed by atoms with Crippen LogP contribution < -0.4 is 5.32 Å². The molecule has 142 valence electrons. The summed E-state index contributed by atoms with van der Waals surface area (Å²) in [7, 11) is 0. The topological polar surface area (TPSA) is 69.6 Å². The van der Waals surface area contributed by atoms with E-state index >= 15 is 0 Å². The van der Waals surface area contributed by atoms with Crippen molar-refractivity contribution in [3.05, 3.63) is 71.5 Å². The molecule has 0 aliphatic carbocycles. The highest BCUT2D eigenvalue weighted by Crippen LogP contribution is 2.35. The summed E-state index contributed by atoms with van der Waals surface area (Å²) < 4.78 is 13.4. The summed E-state index contributed by atoms with van der Waals surface area (Å²) in [6.45, 7) is 1.79. The molecule has 0 spiro atoms. The third-order valence-electron chi connectivity index (χ3n) is 4.94. The molecule has 0 aromatic heterocycles. The van der Waals surface area contributed by atoms with E-state index in [0.717, 1.165) is 23.3 Å². The average molecular weight is 370 g/mol. The van der Waals surface area contributed by atoms with Crippen LogP contribution in [-0.4, -0.2) is 28.5 Å². The monoisotopic (exact) mass is 370 g/mol. The van der Waals surface area contributed by atoms with Gasteiger partial charge < -0.3 is 10.4 Å². The molecule has 2 aromatic rings. The third-order valence-corrected chi connectivity index (χ3v) is 4.94. The van der Waals surface area contributed by atoms with Crippen LogP contribution in [0.5, 0.6) is 0 Å². The number of amides is 3. The van der Waals surface area contributed by atoms with E-state index in [4.69, 9.17) is 0 Å². The van der Waals surface area contributed by atoms with Gasteiger partial charge in [-0.2, -0.15) is 0 Å². The van der Waals surface area contributed by atoms with Gasteiger partial charge >= 0.3 is 6.03 Å². The van der Waals surface area contributed by atoms with Crippen LogP contribution in [0, 0.1) is 5.82 Å².